The third-order valence-electron chi connectivity index (χ3n) is 14.8. The van der Waals surface area contributed by atoms with Crippen LogP contribution in [0.15, 0.2) is 72.9 Å². The predicted molar refractivity (Wildman–Crippen MR) is 324 cm³/mol. The largest absolute Gasteiger partial charge is 0.454 e. The lowest BCUT2D eigenvalue weighted by atomic mass is 9.99. The van der Waals surface area contributed by atoms with E-state index in [0.717, 1.165) is 83.5 Å². The smallest absolute Gasteiger partial charge is 0.306 e. The number of carbonyl (C=O) groups excluding carboxylic acids is 2. The van der Waals surface area contributed by atoms with Crippen LogP contribution in [0.4, 0.5) is 0 Å². The Hall–Kier alpha value is -2.90. The first-order chi connectivity index (χ1) is 38.2. The van der Waals surface area contributed by atoms with Crippen molar-refractivity contribution in [2.75, 3.05) is 13.2 Å². The zero-order valence-electron chi connectivity index (χ0n) is 50.0. The van der Waals surface area contributed by atoms with Gasteiger partial charge in [0.25, 0.3) is 0 Å². The van der Waals surface area contributed by atoms with E-state index < -0.39 is 67.4 Å². The maximum absolute atomic E-state index is 13.4. The molecule has 1 heterocycles. The number of allylic oxidation sites excluding steroid dienone is 11. The number of aliphatic hydroxyl groups excluding tert-OH is 5. The Morgan fingerprint density at radius 3 is 1.35 bits per heavy atom. The van der Waals surface area contributed by atoms with Gasteiger partial charge in [-0.05, 0) is 96.3 Å². The van der Waals surface area contributed by atoms with Gasteiger partial charge in [-0.1, -0.05) is 248 Å². The molecule has 1 fully saturated rings. The Morgan fingerprint density at radius 2 is 0.885 bits per heavy atom. The van der Waals surface area contributed by atoms with E-state index in [1.165, 1.54) is 148 Å². The molecule has 0 aromatic carbocycles. The molecule has 0 bridgehead atoms. The fraction of sp³-hybridized carbons (Fsp3) is 0.791. The van der Waals surface area contributed by atoms with Crippen molar-refractivity contribution in [3.05, 3.63) is 72.9 Å². The van der Waals surface area contributed by atoms with E-state index in [1.807, 2.05) is 6.08 Å². The Labute approximate surface area is 477 Å². The van der Waals surface area contributed by atoms with Crippen molar-refractivity contribution in [1.82, 2.24) is 5.32 Å². The van der Waals surface area contributed by atoms with Gasteiger partial charge in [-0.2, -0.15) is 0 Å². The molecule has 0 saturated carbocycles. The maximum atomic E-state index is 13.4. The second-order valence-electron chi connectivity index (χ2n) is 22.1. The third kappa shape index (κ3) is 42.0. The van der Waals surface area contributed by atoms with Crippen LogP contribution in [-0.4, -0.2) is 99.6 Å². The molecule has 78 heavy (non-hydrogen) atoms. The summed E-state index contributed by atoms with van der Waals surface area (Å²) in [5.41, 5.74) is 0. The number of rotatable bonds is 54. The lowest BCUT2D eigenvalue weighted by molar-refractivity contribution is -0.305. The monoisotopic (exact) mass is 1100 g/mol. The fourth-order valence-electron chi connectivity index (χ4n) is 9.69. The quantitative estimate of drug-likeness (QED) is 0.0195. The highest BCUT2D eigenvalue weighted by molar-refractivity contribution is 5.80. The standard InChI is InChI=1S/C67H119NO10/c1-4-7-10-13-16-19-22-25-27-29-30-31-32-33-35-37-40-43-46-49-52-55-62(72)78-65-64(74)63(73)61(56-69)77-67(65)76-57-58(59(70)53-50-47-44-41-38-24-21-18-15-12-9-6-3)68-66(75)60(71)54-51-48-45-42-39-36-34-28-26-23-20-17-14-11-8-5-2/h16-17,19-20,25-28,36,39,50,53,58-61,63-65,67,69-71,73-74H,4-15,18,21-24,29-35,37-38,40-49,51-52,54-57H2,1-3H3,(H,68,75)/b19-16-,20-17-,27-25-,28-26-,39-36-,53-50+. The van der Waals surface area contributed by atoms with Crippen LogP contribution in [-0.2, 0) is 23.8 Å². The van der Waals surface area contributed by atoms with Gasteiger partial charge in [0.1, 0.15) is 24.4 Å². The molecule has 11 nitrogen and oxygen atoms in total. The average Bonchev–Trinajstić information content (AvgIpc) is 3.44. The second-order valence-corrected chi connectivity index (χ2v) is 22.1. The first-order valence-electron chi connectivity index (χ1n) is 32.2. The Kier molecular flexibility index (Phi) is 51.3. The maximum Gasteiger partial charge on any atom is 0.306 e. The molecular formula is C67H119NO10. The van der Waals surface area contributed by atoms with Crippen LogP contribution in [0.5, 0.6) is 0 Å². The van der Waals surface area contributed by atoms with Crippen LogP contribution in [0.1, 0.15) is 278 Å². The fourth-order valence-corrected chi connectivity index (χ4v) is 9.69. The molecule has 0 aromatic rings. The summed E-state index contributed by atoms with van der Waals surface area (Å²) in [5.74, 6) is -1.22. The molecule has 452 valence electrons. The van der Waals surface area contributed by atoms with Gasteiger partial charge in [-0.15, -0.1) is 0 Å². The van der Waals surface area contributed by atoms with Crippen molar-refractivity contribution in [3.63, 3.8) is 0 Å². The Morgan fingerprint density at radius 1 is 0.500 bits per heavy atom. The molecule has 0 spiro atoms. The molecule has 0 aliphatic carbocycles. The van der Waals surface area contributed by atoms with Gasteiger partial charge in [0.05, 0.1) is 25.4 Å². The summed E-state index contributed by atoms with van der Waals surface area (Å²) in [6.07, 6.45) is 59.3. The molecule has 8 atom stereocenters. The predicted octanol–water partition coefficient (Wildman–Crippen LogP) is 15.6. The van der Waals surface area contributed by atoms with Gasteiger partial charge in [0.15, 0.2) is 12.4 Å². The van der Waals surface area contributed by atoms with Crippen molar-refractivity contribution < 1.29 is 49.3 Å². The van der Waals surface area contributed by atoms with E-state index in [4.69, 9.17) is 14.2 Å². The molecule has 0 radical (unpaired) electrons. The topological polar surface area (TPSA) is 175 Å². The van der Waals surface area contributed by atoms with Crippen molar-refractivity contribution in [1.29, 1.82) is 0 Å². The second kappa shape index (κ2) is 54.7. The van der Waals surface area contributed by atoms with Gasteiger partial charge in [-0.3, -0.25) is 9.59 Å². The van der Waals surface area contributed by atoms with Gasteiger partial charge < -0.3 is 45.1 Å². The Bertz CT molecular complexity index is 1540. The summed E-state index contributed by atoms with van der Waals surface area (Å²) in [6, 6.07) is -1.04. The van der Waals surface area contributed by atoms with E-state index >= 15 is 0 Å². The minimum Gasteiger partial charge on any atom is -0.454 e. The van der Waals surface area contributed by atoms with Gasteiger partial charge in [0, 0.05) is 6.42 Å². The molecule has 0 aromatic heterocycles. The molecule has 1 rings (SSSR count). The molecule has 1 aliphatic rings. The normalized spacial score (nSPS) is 19.4. The molecule has 11 heteroatoms. The van der Waals surface area contributed by atoms with E-state index in [0.29, 0.717) is 12.8 Å². The lowest BCUT2D eigenvalue weighted by Crippen LogP contribution is -2.61. The zero-order chi connectivity index (χ0) is 56.8. The van der Waals surface area contributed by atoms with Gasteiger partial charge in [-0.25, -0.2) is 0 Å². The van der Waals surface area contributed by atoms with Crippen molar-refractivity contribution in [3.8, 4) is 0 Å². The van der Waals surface area contributed by atoms with Crippen LogP contribution < -0.4 is 5.32 Å². The highest BCUT2D eigenvalue weighted by atomic mass is 16.7. The zero-order valence-corrected chi connectivity index (χ0v) is 50.0. The van der Waals surface area contributed by atoms with Gasteiger partial charge >= 0.3 is 5.97 Å². The summed E-state index contributed by atoms with van der Waals surface area (Å²) < 4.78 is 17.6. The Balaban J connectivity index is 2.66. The number of hydrogen-bond acceptors (Lipinski definition) is 10. The summed E-state index contributed by atoms with van der Waals surface area (Å²) in [7, 11) is 0. The minimum atomic E-state index is -1.62. The van der Waals surface area contributed by atoms with Crippen LogP contribution in [0, 0.1) is 0 Å². The summed E-state index contributed by atoms with van der Waals surface area (Å²) in [4.78, 5) is 26.6. The van der Waals surface area contributed by atoms with Crippen LogP contribution in [0.25, 0.3) is 0 Å². The van der Waals surface area contributed by atoms with Crippen molar-refractivity contribution in [2.45, 2.75) is 327 Å². The molecular weight excluding hydrogens is 979 g/mol. The van der Waals surface area contributed by atoms with Crippen LogP contribution in [0.3, 0.4) is 0 Å². The number of carbonyl (C=O) groups is 2. The number of nitrogens with one attached hydrogen (secondary N) is 1. The van der Waals surface area contributed by atoms with Crippen LogP contribution >= 0.6 is 0 Å². The number of amides is 1. The van der Waals surface area contributed by atoms with Crippen LogP contribution in [0.2, 0.25) is 0 Å². The van der Waals surface area contributed by atoms with E-state index in [9.17, 15) is 35.1 Å². The van der Waals surface area contributed by atoms with Gasteiger partial charge in [0.2, 0.25) is 5.91 Å². The minimum absolute atomic E-state index is 0.116. The molecule has 6 N–H and O–H groups in total. The number of ether oxygens (including phenoxy) is 3. The summed E-state index contributed by atoms with van der Waals surface area (Å²) in [5, 5.41) is 57.0. The highest BCUT2D eigenvalue weighted by Crippen LogP contribution is 2.26. The number of esters is 1. The molecule has 8 unspecified atom stereocenters. The third-order valence-corrected chi connectivity index (χ3v) is 14.8. The number of unbranched alkanes of at least 4 members (excludes halogenated alkanes) is 30. The first-order valence-corrected chi connectivity index (χ1v) is 32.2. The SMILES string of the molecule is CCCCC/C=C\C/C=C\C/C=C\CCCCCC(O)C(=O)NC(COC1OC(CO)C(O)C(O)C1OC(=O)CCCCCCCCCCCCC/C=C\C/C=C\CCCCC)C(O)/C=C/CCCCCCCCCCCC. The summed E-state index contributed by atoms with van der Waals surface area (Å²) in [6.45, 7) is 5.73. The molecule has 1 amide bonds. The van der Waals surface area contributed by atoms with E-state index in [2.05, 4.69) is 86.8 Å². The highest BCUT2D eigenvalue weighted by Gasteiger charge is 2.47. The van der Waals surface area contributed by atoms with E-state index in [1.54, 1.807) is 6.08 Å². The molecule has 1 saturated heterocycles. The van der Waals surface area contributed by atoms with Crippen molar-refractivity contribution in [2.24, 2.45) is 0 Å². The molecule has 1 aliphatic heterocycles. The van der Waals surface area contributed by atoms with E-state index in [-0.39, 0.29) is 19.4 Å². The lowest BCUT2D eigenvalue weighted by Gasteiger charge is -2.41. The van der Waals surface area contributed by atoms with Crippen molar-refractivity contribution >= 4 is 11.9 Å². The first kappa shape index (κ1) is 73.1. The number of aliphatic hydroxyl groups is 5. The number of hydrogen-bond donors (Lipinski definition) is 6. The summed E-state index contributed by atoms with van der Waals surface area (Å²) >= 11 is 0. The average molecular weight is 1100 g/mol.